The molecule has 1 aromatic heterocycles. The van der Waals surface area contributed by atoms with Crippen LogP contribution in [0.5, 0.6) is 5.75 Å². The lowest BCUT2D eigenvalue weighted by molar-refractivity contribution is 0.337. The van der Waals surface area contributed by atoms with E-state index < -0.39 is 10.0 Å². The van der Waals surface area contributed by atoms with E-state index in [4.69, 9.17) is 4.74 Å². The number of anilines is 1. The number of hydrogen-bond acceptors (Lipinski definition) is 4. The fraction of sp³-hybridized carbons (Fsp3) is 0.214. The van der Waals surface area contributed by atoms with Gasteiger partial charge in [0.15, 0.2) is 0 Å². The predicted octanol–water partition coefficient (Wildman–Crippen LogP) is 3.35. The second-order valence-electron chi connectivity index (χ2n) is 4.30. The second-order valence-corrected chi connectivity index (χ2v) is 6.84. The molecule has 1 aromatic carbocycles. The molecule has 0 bridgehead atoms. The fourth-order valence-corrected chi connectivity index (χ4v) is 3.15. The monoisotopic (exact) mass is 370 g/mol. The Morgan fingerprint density at radius 2 is 2.10 bits per heavy atom. The van der Waals surface area contributed by atoms with Crippen molar-refractivity contribution in [3.8, 4) is 5.75 Å². The van der Waals surface area contributed by atoms with Crippen LogP contribution in [0.4, 0.5) is 5.82 Å². The molecule has 1 heterocycles. The molecule has 112 valence electrons. The highest BCUT2D eigenvalue weighted by molar-refractivity contribution is 9.10. The van der Waals surface area contributed by atoms with Gasteiger partial charge in [0.1, 0.15) is 11.6 Å². The maximum Gasteiger partial charge on any atom is 0.263 e. The molecule has 7 heteroatoms. The van der Waals surface area contributed by atoms with Gasteiger partial charge >= 0.3 is 0 Å². The first-order valence-corrected chi connectivity index (χ1v) is 8.58. The summed E-state index contributed by atoms with van der Waals surface area (Å²) in [6.07, 6.45) is 1.54. The number of ether oxygens (including phenoxy) is 1. The fourth-order valence-electron chi connectivity index (χ4n) is 1.70. The summed E-state index contributed by atoms with van der Waals surface area (Å²) in [6, 6.07) is 8.17. The third-order valence-corrected chi connectivity index (χ3v) is 4.75. The minimum atomic E-state index is -3.71. The number of sulfonamides is 1. The Bertz CT molecular complexity index is 748. The van der Waals surface area contributed by atoms with Gasteiger partial charge in [0, 0.05) is 12.3 Å². The van der Waals surface area contributed by atoms with Crippen LogP contribution in [0.1, 0.15) is 12.5 Å². The van der Waals surface area contributed by atoms with E-state index >= 15 is 0 Å². The summed E-state index contributed by atoms with van der Waals surface area (Å²) in [6.45, 7) is 4.08. The Labute approximate surface area is 132 Å². The van der Waals surface area contributed by atoms with Crippen LogP contribution in [0.25, 0.3) is 0 Å². The zero-order valence-corrected chi connectivity index (χ0v) is 14.0. The number of halogens is 1. The molecule has 1 N–H and O–H groups in total. The van der Waals surface area contributed by atoms with Gasteiger partial charge in [-0.1, -0.05) is 6.07 Å². The lowest BCUT2D eigenvalue weighted by atomic mass is 10.3. The molecule has 2 rings (SSSR count). The van der Waals surface area contributed by atoms with Gasteiger partial charge in [-0.15, -0.1) is 0 Å². The van der Waals surface area contributed by atoms with Crippen molar-refractivity contribution in [2.45, 2.75) is 18.7 Å². The van der Waals surface area contributed by atoms with Crippen molar-refractivity contribution >= 4 is 31.8 Å². The second kappa shape index (κ2) is 6.44. The summed E-state index contributed by atoms with van der Waals surface area (Å²) in [5.74, 6) is 0.802. The molecule has 0 amide bonds. The van der Waals surface area contributed by atoms with E-state index in [1.807, 2.05) is 6.92 Å². The molecule has 0 radical (unpaired) electrons. The predicted molar refractivity (Wildman–Crippen MR) is 85.1 cm³/mol. The molecule has 0 fully saturated rings. The zero-order chi connectivity index (χ0) is 15.5. The van der Waals surface area contributed by atoms with Gasteiger partial charge in [0.05, 0.1) is 16.0 Å². The van der Waals surface area contributed by atoms with Crippen molar-refractivity contribution in [2.24, 2.45) is 0 Å². The van der Waals surface area contributed by atoms with Crippen LogP contribution in [0.3, 0.4) is 0 Å². The van der Waals surface area contributed by atoms with Crippen molar-refractivity contribution in [3.63, 3.8) is 0 Å². The van der Waals surface area contributed by atoms with E-state index in [0.29, 0.717) is 22.6 Å². The number of rotatable bonds is 5. The van der Waals surface area contributed by atoms with Crippen LogP contribution in [-0.4, -0.2) is 20.0 Å². The molecule has 0 saturated heterocycles. The third kappa shape index (κ3) is 3.74. The van der Waals surface area contributed by atoms with Gasteiger partial charge in [-0.2, -0.15) is 0 Å². The standard InChI is InChI=1S/C14H15BrN2O3S/c1-3-20-13-9-11(6-7-12(13)15)21(18,19)17-14-10(2)5-4-8-16-14/h4-9H,3H2,1-2H3,(H,16,17). The quantitative estimate of drug-likeness (QED) is 0.875. The van der Waals surface area contributed by atoms with Gasteiger partial charge in [-0.25, -0.2) is 13.4 Å². The van der Waals surface area contributed by atoms with Crippen LogP contribution in [0.15, 0.2) is 45.9 Å². The number of aryl methyl sites for hydroxylation is 1. The van der Waals surface area contributed by atoms with E-state index in [-0.39, 0.29) is 4.90 Å². The van der Waals surface area contributed by atoms with Gasteiger partial charge < -0.3 is 4.74 Å². The van der Waals surface area contributed by atoms with E-state index in [1.54, 1.807) is 25.1 Å². The number of benzene rings is 1. The number of pyridine rings is 1. The Morgan fingerprint density at radius 1 is 1.33 bits per heavy atom. The maximum atomic E-state index is 12.4. The molecule has 0 aliphatic carbocycles. The molecule has 0 spiro atoms. The summed E-state index contributed by atoms with van der Waals surface area (Å²) in [5, 5.41) is 0. The highest BCUT2D eigenvalue weighted by Gasteiger charge is 2.17. The molecular weight excluding hydrogens is 356 g/mol. The normalized spacial score (nSPS) is 11.2. The lowest BCUT2D eigenvalue weighted by Gasteiger charge is -2.11. The van der Waals surface area contributed by atoms with Crippen molar-refractivity contribution in [2.75, 3.05) is 11.3 Å². The van der Waals surface area contributed by atoms with Gasteiger partial charge in [0.25, 0.3) is 10.0 Å². The number of nitrogens with zero attached hydrogens (tertiary/aromatic N) is 1. The van der Waals surface area contributed by atoms with Crippen molar-refractivity contribution in [1.82, 2.24) is 4.98 Å². The van der Waals surface area contributed by atoms with Gasteiger partial charge in [-0.05, 0) is 53.5 Å². The molecular formula is C14H15BrN2O3S. The maximum absolute atomic E-state index is 12.4. The average Bonchev–Trinajstić information content (AvgIpc) is 2.44. The SMILES string of the molecule is CCOc1cc(S(=O)(=O)Nc2ncccc2C)ccc1Br. The summed E-state index contributed by atoms with van der Waals surface area (Å²) < 4.78 is 33.4. The highest BCUT2D eigenvalue weighted by atomic mass is 79.9. The molecule has 0 atom stereocenters. The zero-order valence-electron chi connectivity index (χ0n) is 11.6. The minimum absolute atomic E-state index is 0.124. The van der Waals surface area contributed by atoms with E-state index in [1.165, 1.54) is 18.3 Å². The van der Waals surface area contributed by atoms with E-state index in [2.05, 4.69) is 25.6 Å². The summed E-state index contributed by atoms with van der Waals surface area (Å²) in [7, 11) is -3.71. The van der Waals surface area contributed by atoms with Gasteiger partial charge in [-0.3, -0.25) is 4.72 Å². The minimum Gasteiger partial charge on any atom is -0.493 e. The Hall–Kier alpha value is -1.60. The van der Waals surface area contributed by atoms with Crippen LogP contribution in [0, 0.1) is 6.92 Å². The van der Waals surface area contributed by atoms with E-state index in [0.717, 1.165) is 5.56 Å². The van der Waals surface area contributed by atoms with E-state index in [9.17, 15) is 8.42 Å². The van der Waals surface area contributed by atoms with Crippen molar-refractivity contribution in [3.05, 3.63) is 46.6 Å². The summed E-state index contributed by atoms with van der Waals surface area (Å²) in [5.41, 5.74) is 0.753. The largest absolute Gasteiger partial charge is 0.493 e. The average molecular weight is 371 g/mol. The van der Waals surface area contributed by atoms with Crippen LogP contribution >= 0.6 is 15.9 Å². The smallest absolute Gasteiger partial charge is 0.263 e. The molecule has 0 saturated carbocycles. The van der Waals surface area contributed by atoms with Crippen molar-refractivity contribution in [1.29, 1.82) is 0 Å². The third-order valence-electron chi connectivity index (χ3n) is 2.75. The number of aromatic nitrogens is 1. The molecule has 0 aliphatic rings. The topological polar surface area (TPSA) is 68.3 Å². The lowest BCUT2D eigenvalue weighted by Crippen LogP contribution is -2.15. The Kier molecular flexibility index (Phi) is 4.84. The summed E-state index contributed by atoms with van der Waals surface area (Å²) in [4.78, 5) is 4.16. The highest BCUT2D eigenvalue weighted by Crippen LogP contribution is 2.28. The van der Waals surface area contributed by atoms with Crippen LogP contribution < -0.4 is 9.46 Å². The summed E-state index contributed by atoms with van der Waals surface area (Å²) >= 11 is 3.32. The van der Waals surface area contributed by atoms with Crippen LogP contribution in [0.2, 0.25) is 0 Å². The first-order chi connectivity index (χ1) is 9.94. The first kappa shape index (κ1) is 15.8. The number of hydrogen-bond donors (Lipinski definition) is 1. The van der Waals surface area contributed by atoms with Crippen LogP contribution in [-0.2, 0) is 10.0 Å². The van der Waals surface area contributed by atoms with Crippen molar-refractivity contribution < 1.29 is 13.2 Å². The molecule has 2 aromatic rings. The number of nitrogens with one attached hydrogen (secondary N) is 1. The molecule has 21 heavy (non-hydrogen) atoms. The molecule has 0 aliphatic heterocycles. The molecule has 0 unspecified atom stereocenters. The Morgan fingerprint density at radius 3 is 2.76 bits per heavy atom. The Balaban J connectivity index is 2.36. The molecule has 5 nitrogen and oxygen atoms in total. The van der Waals surface area contributed by atoms with Gasteiger partial charge in [0.2, 0.25) is 0 Å². The first-order valence-electron chi connectivity index (χ1n) is 6.31.